The van der Waals surface area contributed by atoms with E-state index in [-0.39, 0.29) is 4.90 Å². The Kier molecular flexibility index (Phi) is 6.10. The van der Waals surface area contributed by atoms with Gasteiger partial charge in [-0.25, -0.2) is 13.1 Å². The zero-order valence-electron chi connectivity index (χ0n) is 17.7. The summed E-state index contributed by atoms with van der Waals surface area (Å²) in [6, 6.07) is 15.5. The van der Waals surface area contributed by atoms with Crippen molar-refractivity contribution in [1.29, 1.82) is 0 Å². The van der Waals surface area contributed by atoms with Crippen molar-refractivity contribution < 1.29 is 8.42 Å². The molecule has 0 aliphatic carbocycles. The molecule has 0 radical (unpaired) electrons. The van der Waals surface area contributed by atoms with Crippen LogP contribution in [0.25, 0.3) is 0 Å². The average molecular weight is 460 g/mol. The molecule has 2 bridgehead atoms. The van der Waals surface area contributed by atoms with Gasteiger partial charge in [-0.15, -0.1) is 0 Å². The second kappa shape index (κ2) is 8.83. The van der Waals surface area contributed by atoms with Crippen molar-refractivity contribution in [3.05, 3.63) is 64.7 Å². The number of nitrogens with one attached hydrogen (secondary N) is 1. The van der Waals surface area contributed by atoms with E-state index in [0.717, 1.165) is 45.6 Å². The zero-order valence-corrected chi connectivity index (χ0v) is 19.3. The number of nitrogens with zero attached hydrogens (tertiary/aromatic N) is 2. The standard InChI is InChI=1S/C24H30ClN3O2S/c25-22-5-7-24(8-6-22)31(29,30)26-14-23-13-19-10-12-28(23)17-21(19)16-27-11-9-18-3-1-2-4-20(18)15-27/h1-8,19,21,23,26H,9-17H2/t19-,21+,23+/m0/s1. The van der Waals surface area contributed by atoms with Crippen molar-refractivity contribution in [2.75, 3.05) is 32.7 Å². The summed E-state index contributed by atoms with van der Waals surface area (Å²) in [5.41, 5.74) is 2.98. The molecule has 0 aromatic heterocycles. The quantitative estimate of drug-likeness (QED) is 0.719. The van der Waals surface area contributed by atoms with Crippen LogP contribution >= 0.6 is 11.6 Å². The lowest BCUT2D eigenvalue weighted by Gasteiger charge is -2.51. The molecular formula is C24H30ClN3O2S. The number of rotatable bonds is 6. The van der Waals surface area contributed by atoms with Crippen LogP contribution in [0.1, 0.15) is 24.0 Å². The summed E-state index contributed by atoms with van der Waals surface area (Å²) < 4.78 is 28.1. The SMILES string of the molecule is O=S(=O)(NC[C@H]1C[C@@H]2CCN1C[C@H]2CN1CCc2ccccc2C1)c1ccc(Cl)cc1. The number of sulfonamides is 1. The number of piperidine rings is 3. The maximum Gasteiger partial charge on any atom is 0.240 e. The molecule has 0 saturated carbocycles. The van der Waals surface area contributed by atoms with E-state index in [2.05, 4.69) is 38.8 Å². The van der Waals surface area contributed by atoms with Crippen LogP contribution in [0.15, 0.2) is 53.4 Å². The van der Waals surface area contributed by atoms with Gasteiger partial charge in [-0.05, 0) is 73.0 Å². The van der Waals surface area contributed by atoms with E-state index in [1.807, 2.05) is 0 Å². The number of hydrogen-bond acceptors (Lipinski definition) is 4. The van der Waals surface area contributed by atoms with Crippen LogP contribution < -0.4 is 4.72 Å². The lowest BCUT2D eigenvalue weighted by molar-refractivity contribution is -0.0118. The van der Waals surface area contributed by atoms with E-state index in [1.165, 1.54) is 17.5 Å². The van der Waals surface area contributed by atoms with Gasteiger partial charge in [0.2, 0.25) is 10.0 Å². The van der Waals surface area contributed by atoms with Gasteiger partial charge in [-0.3, -0.25) is 9.80 Å². The average Bonchev–Trinajstić information content (AvgIpc) is 2.79. The molecule has 1 N–H and O–H groups in total. The highest BCUT2D eigenvalue weighted by Crippen LogP contribution is 2.37. The number of hydrogen-bond donors (Lipinski definition) is 1. The predicted molar refractivity (Wildman–Crippen MR) is 124 cm³/mol. The molecule has 2 aromatic carbocycles. The van der Waals surface area contributed by atoms with Crippen LogP contribution in [0, 0.1) is 11.8 Å². The molecule has 2 aromatic rings. The summed E-state index contributed by atoms with van der Waals surface area (Å²) in [7, 11) is -3.50. The first kappa shape index (κ1) is 21.4. The maximum atomic E-state index is 12.6. The molecule has 166 valence electrons. The lowest BCUT2D eigenvalue weighted by atomic mass is 9.75. The van der Waals surface area contributed by atoms with Crippen molar-refractivity contribution in [3.63, 3.8) is 0 Å². The Hall–Kier alpha value is -1.44. The Morgan fingerprint density at radius 1 is 1.03 bits per heavy atom. The molecule has 4 atom stereocenters. The Bertz CT molecular complexity index is 1030. The fourth-order valence-corrected chi connectivity index (χ4v) is 6.81. The summed E-state index contributed by atoms with van der Waals surface area (Å²) in [6.07, 6.45) is 3.46. The molecule has 3 fully saturated rings. The Morgan fingerprint density at radius 2 is 1.81 bits per heavy atom. The van der Waals surface area contributed by atoms with Crippen LogP contribution in [0.4, 0.5) is 0 Å². The van der Waals surface area contributed by atoms with Crippen molar-refractivity contribution in [1.82, 2.24) is 14.5 Å². The van der Waals surface area contributed by atoms with Gasteiger partial charge in [0.05, 0.1) is 4.90 Å². The molecule has 0 spiro atoms. The van der Waals surface area contributed by atoms with Gasteiger partial charge in [0.15, 0.2) is 0 Å². The van der Waals surface area contributed by atoms with E-state index >= 15 is 0 Å². The highest BCUT2D eigenvalue weighted by atomic mass is 35.5. The molecule has 6 rings (SSSR count). The van der Waals surface area contributed by atoms with Gasteiger partial charge in [0.25, 0.3) is 0 Å². The third-order valence-corrected chi connectivity index (χ3v) is 9.04. The summed E-state index contributed by atoms with van der Waals surface area (Å²) in [4.78, 5) is 5.40. The minimum absolute atomic E-state index is 0.274. The minimum atomic E-state index is -3.50. The van der Waals surface area contributed by atoms with Crippen molar-refractivity contribution in [3.8, 4) is 0 Å². The van der Waals surface area contributed by atoms with Gasteiger partial charge in [-0.1, -0.05) is 35.9 Å². The fourth-order valence-electron chi connectivity index (χ4n) is 5.61. The smallest absolute Gasteiger partial charge is 0.240 e. The van der Waals surface area contributed by atoms with Gasteiger partial charge in [-0.2, -0.15) is 0 Å². The molecular weight excluding hydrogens is 430 g/mol. The molecule has 4 aliphatic rings. The Morgan fingerprint density at radius 3 is 2.55 bits per heavy atom. The third-order valence-electron chi connectivity index (χ3n) is 7.35. The van der Waals surface area contributed by atoms with Gasteiger partial charge >= 0.3 is 0 Å². The van der Waals surface area contributed by atoms with Crippen LogP contribution in [0.3, 0.4) is 0 Å². The second-order valence-corrected chi connectivity index (χ2v) is 11.5. The number of benzene rings is 2. The lowest BCUT2D eigenvalue weighted by Crippen LogP contribution is -2.58. The summed E-state index contributed by atoms with van der Waals surface area (Å²) in [5.74, 6) is 1.37. The highest BCUT2D eigenvalue weighted by molar-refractivity contribution is 7.89. The number of fused-ring (bicyclic) bond motifs is 4. The third kappa shape index (κ3) is 4.69. The normalized spacial score (nSPS) is 28.4. The monoisotopic (exact) mass is 459 g/mol. The van der Waals surface area contributed by atoms with Gasteiger partial charge < -0.3 is 0 Å². The maximum absolute atomic E-state index is 12.6. The van der Waals surface area contributed by atoms with E-state index in [0.29, 0.717) is 29.4 Å². The van der Waals surface area contributed by atoms with E-state index in [4.69, 9.17) is 11.6 Å². The van der Waals surface area contributed by atoms with Crippen molar-refractivity contribution in [2.24, 2.45) is 11.8 Å². The Balaban J connectivity index is 1.16. The van der Waals surface area contributed by atoms with Crippen LogP contribution in [0.5, 0.6) is 0 Å². The van der Waals surface area contributed by atoms with E-state index < -0.39 is 10.0 Å². The molecule has 4 heterocycles. The van der Waals surface area contributed by atoms with Crippen LogP contribution in [-0.4, -0.2) is 57.0 Å². The fraction of sp³-hybridized carbons (Fsp3) is 0.500. The molecule has 3 saturated heterocycles. The van der Waals surface area contributed by atoms with E-state index in [9.17, 15) is 8.42 Å². The van der Waals surface area contributed by atoms with Crippen LogP contribution in [0.2, 0.25) is 5.02 Å². The molecule has 4 aliphatic heterocycles. The summed E-state index contributed by atoms with van der Waals surface area (Å²) in [5, 5.41) is 0.540. The van der Waals surface area contributed by atoms with Crippen molar-refractivity contribution >= 4 is 21.6 Å². The zero-order chi connectivity index (χ0) is 21.4. The minimum Gasteiger partial charge on any atom is -0.299 e. The van der Waals surface area contributed by atoms with Gasteiger partial charge in [0.1, 0.15) is 0 Å². The molecule has 1 unspecified atom stereocenters. The van der Waals surface area contributed by atoms with Gasteiger partial charge in [0, 0.05) is 43.8 Å². The molecule has 31 heavy (non-hydrogen) atoms. The Labute approximate surface area is 190 Å². The largest absolute Gasteiger partial charge is 0.299 e. The first-order valence-corrected chi connectivity index (χ1v) is 13.1. The molecule has 5 nitrogen and oxygen atoms in total. The topological polar surface area (TPSA) is 52.7 Å². The summed E-state index contributed by atoms with van der Waals surface area (Å²) >= 11 is 5.89. The molecule has 0 amide bonds. The summed E-state index contributed by atoms with van der Waals surface area (Å²) in [6.45, 7) is 5.99. The van der Waals surface area contributed by atoms with E-state index in [1.54, 1.807) is 24.3 Å². The predicted octanol–water partition coefficient (Wildman–Crippen LogP) is 3.39. The molecule has 7 heteroatoms. The highest BCUT2D eigenvalue weighted by Gasteiger charge is 2.41. The van der Waals surface area contributed by atoms with Crippen molar-refractivity contribution in [2.45, 2.75) is 36.7 Å². The van der Waals surface area contributed by atoms with Crippen LogP contribution in [-0.2, 0) is 23.0 Å². The first-order chi connectivity index (χ1) is 15.0. The first-order valence-electron chi connectivity index (χ1n) is 11.3. The second-order valence-electron chi connectivity index (χ2n) is 9.25. The number of halogens is 1.